The number of halogens is 1. The predicted octanol–water partition coefficient (Wildman–Crippen LogP) is 3.45. The number of rotatable bonds is 4. The molecule has 0 aliphatic carbocycles. The summed E-state index contributed by atoms with van der Waals surface area (Å²) >= 11 is 5.82. The first-order chi connectivity index (χ1) is 9.74. The van der Waals surface area contributed by atoms with Crippen LogP contribution >= 0.6 is 11.6 Å². The zero-order chi connectivity index (χ0) is 13.9. The lowest BCUT2D eigenvalue weighted by Gasteiger charge is -2.08. The van der Waals surface area contributed by atoms with Gasteiger partial charge >= 0.3 is 0 Å². The van der Waals surface area contributed by atoms with Gasteiger partial charge in [-0.15, -0.1) is 0 Å². The first-order valence-corrected chi connectivity index (χ1v) is 6.82. The zero-order valence-electron chi connectivity index (χ0n) is 10.9. The highest BCUT2D eigenvalue weighted by molar-refractivity contribution is 6.30. The van der Waals surface area contributed by atoms with Crippen LogP contribution in [0.3, 0.4) is 0 Å². The molecule has 0 unspecified atom stereocenters. The molecule has 0 aliphatic heterocycles. The molecule has 3 aromatic rings. The smallest absolute Gasteiger partial charge is 0.149 e. The van der Waals surface area contributed by atoms with Gasteiger partial charge in [0.2, 0.25) is 0 Å². The monoisotopic (exact) mass is 286 g/mol. The zero-order valence-corrected chi connectivity index (χ0v) is 11.6. The number of para-hydroxylation sites is 1. The van der Waals surface area contributed by atoms with Crippen LogP contribution < -0.4 is 11.1 Å². The predicted molar refractivity (Wildman–Crippen MR) is 84.2 cm³/mol. The second kappa shape index (κ2) is 5.43. The van der Waals surface area contributed by atoms with Crippen molar-refractivity contribution in [2.75, 3.05) is 17.6 Å². The number of anilines is 2. The molecule has 0 spiro atoms. The number of benzene rings is 1. The van der Waals surface area contributed by atoms with Crippen LogP contribution in [-0.2, 0) is 6.42 Å². The minimum atomic E-state index is 0.546. The van der Waals surface area contributed by atoms with E-state index in [1.54, 1.807) is 12.3 Å². The van der Waals surface area contributed by atoms with Crippen LogP contribution in [0.4, 0.5) is 11.5 Å². The molecule has 0 aliphatic rings. The van der Waals surface area contributed by atoms with Gasteiger partial charge in [-0.2, -0.15) is 0 Å². The molecule has 3 rings (SSSR count). The highest BCUT2D eigenvalue weighted by atomic mass is 35.5. The average Bonchev–Trinajstić information content (AvgIpc) is 2.85. The minimum absolute atomic E-state index is 0.546. The Kier molecular flexibility index (Phi) is 3.48. The molecule has 4 nitrogen and oxygen atoms in total. The third-order valence-electron chi connectivity index (χ3n) is 3.25. The minimum Gasteiger partial charge on any atom is -0.396 e. The number of aromatic nitrogens is 2. The Morgan fingerprint density at radius 2 is 2.15 bits per heavy atom. The van der Waals surface area contributed by atoms with Gasteiger partial charge in [0.15, 0.2) is 0 Å². The number of nitrogens with two attached hydrogens (primary N) is 1. The van der Waals surface area contributed by atoms with Gasteiger partial charge in [-0.3, -0.25) is 0 Å². The van der Waals surface area contributed by atoms with Crippen molar-refractivity contribution in [1.29, 1.82) is 0 Å². The summed E-state index contributed by atoms with van der Waals surface area (Å²) in [4.78, 5) is 7.45. The lowest BCUT2D eigenvalue weighted by molar-refractivity contribution is 1.02. The van der Waals surface area contributed by atoms with E-state index in [4.69, 9.17) is 17.3 Å². The summed E-state index contributed by atoms with van der Waals surface area (Å²) in [5, 5.41) is 5.04. The number of hydrogen-bond donors (Lipinski definition) is 3. The highest BCUT2D eigenvalue weighted by Crippen LogP contribution is 2.21. The topological polar surface area (TPSA) is 66.7 Å². The molecule has 2 aromatic heterocycles. The Morgan fingerprint density at radius 1 is 1.30 bits per heavy atom. The molecule has 20 heavy (non-hydrogen) atoms. The van der Waals surface area contributed by atoms with Gasteiger partial charge in [-0.05, 0) is 24.1 Å². The Bertz CT molecular complexity index is 736. The second-order valence-corrected chi connectivity index (χ2v) is 5.06. The van der Waals surface area contributed by atoms with E-state index in [1.807, 2.05) is 18.3 Å². The quantitative estimate of drug-likeness (QED) is 0.688. The van der Waals surface area contributed by atoms with E-state index in [0.29, 0.717) is 16.5 Å². The largest absolute Gasteiger partial charge is 0.396 e. The van der Waals surface area contributed by atoms with E-state index in [1.165, 1.54) is 10.9 Å². The van der Waals surface area contributed by atoms with Crippen molar-refractivity contribution >= 4 is 34.0 Å². The number of hydrogen-bond acceptors (Lipinski definition) is 3. The third kappa shape index (κ3) is 2.56. The molecule has 0 atom stereocenters. The van der Waals surface area contributed by atoms with E-state index >= 15 is 0 Å². The lowest BCUT2D eigenvalue weighted by Crippen LogP contribution is -2.08. The van der Waals surface area contributed by atoms with E-state index < -0.39 is 0 Å². The number of fused-ring (bicyclic) bond motifs is 1. The van der Waals surface area contributed by atoms with Crippen LogP contribution in [0.2, 0.25) is 5.02 Å². The fourth-order valence-corrected chi connectivity index (χ4v) is 2.42. The van der Waals surface area contributed by atoms with Crippen molar-refractivity contribution in [1.82, 2.24) is 9.97 Å². The Morgan fingerprint density at radius 3 is 3.00 bits per heavy atom. The molecule has 1 aromatic carbocycles. The first-order valence-electron chi connectivity index (χ1n) is 6.44. The molecule has 4 N–H and O–H groups in total. The van der Waals surface area contributed by atoms with Crippen molar-refractivity contribution in [2.24, 2.45) is 0 Å². The number of pyridine rings is 1. The van der Waals surface area contributed by atoms with Crippen molar-refractivity contribution in [3.8, 4) is 0 Å². The average molecular weight is 287 g/mol. The molecule has 0 fully saturated rings. The van der Waals surface area contributed by atoms with Crippen LogP contribution in [0.1, 0.15) is 5.56 Å². The van der Waals surface area contributed by atoms with Crippen molar-refractivity contribution in [3.05, 3.63) is 53.3 Å². The second-order valence-electron chi connectivity index (χ2n) is 4.63. The van der Waals surface area contributed by atoms with Gasteiger partial charge in [0.25, 0.3) is 0 Å². The van der Waals surface area contributed by atoms with E-state index in [0.717, 1.165) is 18.5 Å². The van der Waals surface area contributed by atoms with Gasteiger partial charge in [0.1, 0.15) is 5.82 Å². The lowest BCUT2D eigenvalue weighted by atomic mass is 10.1. The van der Waals surface area contributed by atoms with Crippen molar-refractivity contribution in [3.63, 3.8) is 0 Å². The molecule has 0 radical (unpaired) electrons. The fourth-order valence-electron chi connectivity index (χ4n) is 2.26. The fraction of sp³-hybridized carbons (Fsp3) is 0.133. The summed E-state index contributed by atoms with van der Waals surface area (Å²) in [5.74, 6) is 0.675. The summed E-state index contributed by atoms with van der Waals surface area (Å²) in [6.07, 6.45) is 4.53. The summed E-state index contributed by atoms with van der Waals surface area (Å²) in [6.45, 7) is 0.765. The van der Waals surface area contributed by atoms with Gasteiger partial charge < -0.3 is 16.0 Å². The molecule has 102 valence electrons. The summed E-state index contributed by atoms with van der Waals surface area (Å²) in [6, 6.07) is 9.97. The maximum atomic E-state index is 5.86. The highest BCUT2D eigenvalue weighted by Gasteiger charge is 2.04. The van der Waals surface area contributed by atoms with Gasteiger partial charge in [0, 0.05) is 29.8 Å². The maximum absolute atomic E-state index is 5.86. The van der Waals surface area contributed by atoms with Crippen LogP contribution in [0.5, 0.6) is 0 Å². The summed E-state index contributed by atoms with van der Waals surface area (Å²) in [5.41, 5.74) is 8.86. The Hall–Kier alpha value is -2.20. The van der Waals surface area contributed by atoms with Crippen molar-refractivity contribution < 1.29 is 0 Å². The van der Waals surface area contributed by atoms with Crippen LogP contribution in [0, 0.1) is 0 Å². The van der Waals surface area contributed by atoms with Crippen molar-refractivity contribution in [2.45, 2.75) is 6.42 Å². The van der Waals surface area contributed by atoms with Gasteiger partial charge in [-0.1, -0.05) is 29.8 Å². The molecule has 0 bridgehead atoms. The van der Waals surface area contributed by atoms with Crippen LogP contribution in [-0.4, -0.2) is 16.5 Å². The standard InChI is InChI=1S/C15H15ClN4/c16-11-7-13(17)15(20-9-11)18-6-5-10-8-19-14-4-2-1-3-12(10)14/h1-4,7-9,19H,5-6,17H2,(H,18,20). The SMILES string of the molecule is Nc1cc(Cl)cnc1NCCc1c[nH]c2ccccc12. The number of nitrogens with one attached hydrogen (secondary N) is 2. The van der Waals surface area contributed by atoms with Crippen LogP contribution in [0.25, 0.3) is 10.9 Å². The maximum Gasteiger partial charge on any atom is 0.149 e. The summed E-state index contributed by atoms with van der Waals surface area (Å²) in [7, 11) is 0. The van der Waals surface area contributed by atoms with E-state index in [-0.39, 0.29) is 0 Å². The Labute approximate surface area is 122 Å². The molecule has 0 saturated carbocycles. The number of aromatic amines is 1. The molecule has 2 heterocycles. The molecule has 5 heteroatoms. The first kappa shape index (κ1) is 12.8. The number of nitrogen functional groups attached to an aromatic ring is 1. The van der Waals surface area contributed by atoms with E-state index in [2.05, 4.69) is 27.4 Å². The van der Waals surface area contributed by atoms with Gasteiger partial charge in [0.05, 0.1) is 10.7 Å². The molecular weight excluding hydrogens is 272 g/mol. The normalized spacial score (nSPS) is 10.8. The number of H-pyrrole nitrogens is 1. The Balaban J connectivity index is 1.68. The summed E-state index contributed by atoms with van der Waals surface area (Å²) < 4.78 is 0. The van der Waals surface area contributed by atoms with Gasteiger partial charge in [-0.25, -0.2) is 4.98 Å². The third-order valence-corrected chi connectivity index (χ3v) is 3.45. The van der Waals surface area contributed by atoms with E-state index in [9.17, 15) is 0 Å². The molecular formula is C15H15ClN4. The molecule has 0 saturated heterocycles. The van der Waals surface area contributed by atoms with Crippen LogP contribution in [0.15, 0.2) is 42.7 Å². The molecule has 0 amide bonds. The number of nitrogens with zero attached hydrogens (tertiary/aromatic N) is 1.